The molecule has 19 heavy (non-hydrogen) atoms. The molecule has 112 valence electrons. The molecule has 0 spiro atoms. The molecule has 4 heteroatoms. The highest BCUT2D eigenvalue weighted by atomic mass is 16.4. The molecule has 0 aromatic heterocycles. The fourth-order valence-corrected chi connectivity index (χ4v) is 3.19. The average molecular weight is 270 g/mol. The Morgan fingerprint density at radius 3 is 2.42 bits per heavy atom. The van der Waals surface area contributed by atoms with Gasteiger partial charge in [0.2, 0.25) is 0 Å². The molecule has 0 aromatic rings. The van der Waals surface area contributed by atoms with Crippen molar-refractivity contribution in [2.75, 3.05) is 13.1 Å². The van der Waals surface area contributed by atoms with Crippen LogP contribution in [0.15, 0.2) is 0 Å². The second kappa shape index (κ2) is 7.25. The number of likely N-dealkylation sites (N-methyl/N-ethyl adjacent to an activating group) is 1. The lowest BCUT2D eigenvalue weighted by Gasteiger charge is -2.39. The third kappa shape index (κ3) is 4.46. The zero-order valence-electron chi connectivity index (χ0n) is 12.9. The Bertz CT molecular complexity index is 286. The van der Waals surface area contributed by atoms with E-state index in [-0.39, 0.29) is 0 Å². The summed E-state index contributed by atoms with van der Waals surface area (Å²) in [5, 5.41) is 12.4. The van der Waals surface area contributed by atoms with Crippen LogP contribution in [0.1, 0.15) is 59.8 Å². The number of likely N-dealkylation sites (tertiary alicyclic amines) is 1. The van der Waals surface area contributed by atoms with Crippen molar-refractivity contribution < 1.29 is 9.90 Å². The van der Waals surface area contributed by atoms with E-state index in [2.05, 4.69) is 24.1 Å². The molecule has 2 N–H and O–H groups in total. The summed E-state index contributed by atoms with van der Waals surface area (Å²) in [6.45, 7) is 10.0. The van der Waals surface area contributed by atoms with Crippen molar-refractivity contribution >= 4 is 5.97 Å². The maximum Gasteiger partial charge on any atom is 0.323 e. The van der Waals surface area contributed by atoms with Gasteiger partial charge >= 0.3 is 5.97 Å². The molecule has 1 heterocycles. The number of hydrogen-bond donors (Lipinski definition) is 2. The molecular formula is C15H30N2O2. The van der Waals surface area contributed by atoms with Gasteiger partial charge in [-0.2, -0.15) is 0 Å². The van der Waals surface area contributed by atoms with Crippen LogP contribution in [0.2, 0.25) is 0 Å². The number of nitrogens with zero attached hydrogens (tertiary/aromatic N) is 1. The van der Waals surface area contributed by atoms with Crippen molar-refractivity contribution in [1.29, 1.82) is 0 Å². The number of carboxylic acid groups (broad SMARTS) is 1. The minimum atomic E-state index is -0.781. The lowest BCUT2D eigenvalue weighted by molar-refractivity contribution is -0.144. The first kappa shape index (κ1) is 16.4. The van der Waals surface area contributed by atoms with Crippen LogP contribution in [-0.2, 0) is 4.79 Å². The molecule has 0 amide bonds. The van der Waals surface area contributed by atoms with Gasteiger partial charge < -0.3 is 10.4 Å². The van der Waals surface area contributed by atoms with Gasteiger partial charge in [0.15, 0.2) is 0 Å². The summed E-state index contributed by atoms with van der Waals surface area (Å²) in [6.07, 6.45) is 5.49. The minimum absolute atomic E-state index is 0.638. The average Bonchev–Trinajstić information content (AvgIpc) is 2.33. The van der Waals surface area contributed by atoms with Crippen molar-refractivity contribution in [1.82, 2.24) is 10.2 Å². The summed E-state index contributed by atoms with van der Waals surface area (Å²) in [5.74, 6) is -0.742. The second-order valence-electron chi connectivity index (χ2n) is 6.14. The van der Waals surface area contributed by atoms with E-state index in [9.17, 15) is 9.90 Å². The number of piperidine rings is 1. The van der Waals surface area contributed by atoms with Crippen LogP contribution in [0, 0.1) is 0 Å². The molecule has 1 fully saturated rings. The third-order valence-corrected chi connectivity index (χ3v) is 4.51. The van der Waals surface area contributed by atoms with Gasteiger partial charge in [-0.3, -0.25) is 9.69 Å². The van der Waals surface area contributed by atoms with Crippen LogP contribution < -0.4 is 5.32 Å². The van der Waals surface area contributed by atoms with E-state index in [0.717, 1.165) is 13.0 Å². The molecule has 3 unspecified atom stereocenters. The maximum absolute atomic E-state index is 11.3. The van der Waals surface area contributed by atoms with Crippen LogP contribution in [0.4, 0.5) is 0 Å². The Balaban J connectivity index is 2.45. The topological polar surface area (TPSA) is 52.6 Å². The van der Waals surface area contributed by atoms with Crippen molar-refractivity contribution in [3.8, 4) is 0 Å². The quantitative estimate of drug-likeness (QED) is 0.746. The number of nitrogens with one attached hydrogen (secondary N) is 1. The van der Waals surface area contributed by atoms with Gasteiger partial charge in [-0.15, -0.1) is 0 Å². The zero-order chi connectivity index (χ0) is 14.5. The molecule has 0 aliphatic carbocycles. The summed E-state index contributed by atoms with van der Waals surface area (Å²) in [7, 11) is 0. The molecular weight excluding hydrogens is 240 g/mol. The highest BCUT2D eigenvalue weighted by molar-refractivity contribution is 5.78. The predicted octanol–water partition coefficient (Wildman–Crippen LogP) is 2.48. The van der Waals surface area contributed by atoms with Gasteiger partial charge in [0, 0.05) is 12.1 Å². The van der Waals surface area contributed by atoms with Crippen molar-refractivity contribution in [3.63, 3.8) is 0 Å². The lowest BCUT2D eigenvalue weighted by atomic mass is 9.93. The predicted molar refractivity (Wildman–Crippen MR) is 78.4 cm³/mol. The van der Waals surface area contributed by atoms with Gasteiger partial charge in [-0.05, 0) is 59.5 Å². The Morgan fingerprint density at radius 2 is 1.95 bits per heavy atom. The van der Waals surface area contributed by atoms with Gasteiger partial charge in [-0.25, -0.2) is 0 Å². The summed E-state index contributed by atoms with van der Waals surface area (Å²) >= 11 is 0. The molecule has 0 radical (unpaired) electrons. The molecule has 0 aromatic carbocycles. The molecule has 3 atom stereocenters. The normalized spacial score (nSPS) is 28.0. The number of hydrogen-bond acceptors (Lipinski definition) is 3. The van der Waals surface area contributed by atoms with Crippen molar-refractivity contribution in [2.24, 2.45) is 0 Å². The van der Waals surface area contributed by atoms with Crippen LogP contribution >= 0.6 is 0 Å². The summed E-state index contributed by atoms with van der Waals surface area (Å²) in [4.78, 5) is 13.9. The molecule has 0 saturated carbocycles. The summed E-state index contributed by atoms with van der Waals surface area (Å²) < 4.78 is 0. The largest absolute Gasteiger partial charge is 0.480 e. The van der Waals surface area contributed by atoms with Crippen LogP contribution in [0.5, 0.6) is 0 Å². The molecule has 1 aliphatic heterocycles. The first-order valence-electron chi connectivity index (χ1n) is 7.65. The molecule has 1 aliphatic rings. The maximum atomic E-state index is 11.3. The number of rotatable bonds is 7. The summed E-state index contributed by atoms with van der Waals surface area (Å²) in [5.41, 5.74) is -0.781. The molecule has 1 rings (SSSR count). The van der Waals surface area contributed by atoms with E-state index < -0.39 is 11.5 Å². The van der Waals surface area contributed by atoms with Gasteiger partial charge in [-0.1, -0.05) is 13.3 Å². The van der Waals surface area contributed by atoms with Crippen LogP contribution in [0.25, 0.3) is 0 Å². The van der Waals surface area contributed by atoms with Crippen molar-refractivity contribution in [2.45, 2.75) is 77.4 Å². The summed E-state index contributed by atoms with van der Waals surface area (Å²) in [6, 6.07) is 1.28. The van der Waals surface area contributed by atoms with E-state index in [4.69, 9.17) is 0 Å². The fourth-order valence-electron chi connectivity index (χ4n) is 3.19. The third-order valence-electron chi connectivity index (χ3n) is 4.51. The van der Waals surface area contributed by atoms with E-state index >= 15 is 0 Å². The smallest absolute Gasteiger partial charge is 0.323 e. The van der Waals surface area contributed by atoms with E-state index in [1.54, 1.807) is 6.92 Å². The number of carbonyl (C=O) groups is 1. The zero-order valence-corrected chi connectivity index (χ0v) is 12.9. The van der Waals surface area contributed by atoms with E-state index in [1.165, 1.54) is 19.3 Å². The monoisotopic (exact) mass is 270 g/mol. The lowest BCUT2D eigenvalue weighted by Crippen LogP contribution is -2.50. The highest BCUT2D eigenvalue weighted by Gasteiger charge is 2.32. The first-order valence-corrected chi connectivity index (χ1v) is 7.65. The van der Waals surface area contributed by atoms with E-state index in [0.29, 0.717) is 25.0 Å². The number of aliphatic carboxylic acids is 1. The van der Waals surface area contributed by atoms with Crippen LogP contribution in [0.3, 0.4) is 0 Å². The SMILES string of the molecule is CCNC(C)(CCCN1C(C)CCCC1C)C(=O)O. The van der Waals surface area contributed by atoms with Crippen molar-refractivity contribution in [3.05, 3.63) is 0 Å². The fraction of sp³-hybridized carbons (Fsp3) is 0.933. The Morgan fingerprint density at radius 1 is 1.37 bits per heavy atom. The minimum Gasteiger partial charge on any atom is -0.480 e. The number of carboxylic acids is 1. The Kier molecular flexibility index (Phi) is 6.27. The molecule has 4 nitrogen and oxygen atoms in total. The Hall–Kier alpha value is -0.610. The molecule has 1 saturated heterocycles. The highest BCUT2D eigenvalue weighted by Crippen LogP contribution is 2.23. The standard InChI is InChI=1S/C15H30N2O2/c1-5-16-15(4,14(18)19)10-7-11-17-12(2)8-6-9-13(17)3/h12-13,16H,5-11H2,1-4H3,(H,18,19). The Labute approximate surface area is 117 Å². The second-order valence-corrected chi connectivity index (χ2v) is 6.14. The van der Waals surface area contributed by atoms with Crippen LogP contribution in [-0.4, -0.2) is 46.7 Å². The van der Waals surface area contributed by atoms with Gasteiger partial charge in [0.05, 0.1) is 0 Å². The molecule has 0 bridgehead atoms. The van der Waals surface area contributed by atoms with E-state index in [1.807, 2.05) is 6.92 Å². The first-order chi connectivity index (χ1) is 8.90. The van der Waals surface area contributed by atoms with Gasteiger partial charge in [0.25, 0.3) is 0 Å². The van der Waals surface area contributed by atoms with Gasteiger partial charge in [0.1, 0.15) is 5.54 Å².